The topological polar surface area (TPSA) is 84.5 Å². The standard InChI is InChI=1S/C36H37ClO6.C8H10O.C4H8.C2H7N.C2H6.CH4/c1-3-40-31-17-14-26(15-18-31)20-29-21-30(16-19-32(29)37)36(39-2)22-33(41-24-27-10-6-4-7-11-27)35(34(23-38)43-36)42-25-28-12-8-5-9-13-28;1-9-7-8-5-3-2-4-6-8;1-3-4-2;1-3-2;1-2;/h4-19,21,23,33-35H,3,20,22,24-25H2,1-2H3;2-6H,7H2,1H3;3-4H,1-2H3;3H,1-2H3;1-2H3;1H4/t33?,34?,35-,36+;;;;;/m0...../s1. The van der Waals surface area contributed by atoms with Crippen LogP contribution in [0, 0.1) is 0 Å². The van der Waals surface area contributed by atoms with Gasteiger partial charge in [-0.3, -0.25) is 0 Å². The van der Waals surface area contributed by atoms with Crippen molar-refractivity contribution in [1.29, 1.82) is 0 Å². The van der Waals surface area contributed by atoms with Crippen LogP contribution in [0.1, 0.15) is 81.8 Å². The number of benzene rings is 5. The van der Waals surface area contributed by atoms with Crippen LogP contribution in [0.2, 0.25) is 5.02 Å². The summed E-state index contributed by atoms with van der Waals surface area (Å²) >= 11 is 6.67. The Labute approximate surface area is 378 Å². The summed E-state index contributed by atoms with van der Waals surface area (Å²) in [5, 5.41) is 3.38. The SMILES string of the molecule is C.CC.CC=CC.CCOc1ccc(Cc2cc([C@@]3(OC)CC(OCc4ccccc4)[C@H](OCc4ccccc4)C(C=O)O3)ccc2Cl)cc1.CNC.COCc1ccccc1. The molecule has 1 saturated heterocycles. The number of carbonyl (C=O) groups is 1. The van der Waals surface area contributed by atoms with Crippen molar-refractivity contribution < 1.29 is 33.2 Å². The third-order valence-electron chi connectivity index (χ3n) is 9.14. The van der Waals surface area contributed by atoms with Gasteiger partial charge in [0.25, 0.3) is 0 Å². The van der Waals surface area contributed by atoms with Crippen LogP contribution in [0.5, 0.6) is 5.75 Å². The monoisotopic (exact) mass is 869 g/mol. The van der Waals surface area contributed by atoms with Crippen LogP contribution in [-0.4, -0.2) is 59.5 Å². The molecule has 0 saturated carbocycles. The van der Waals surface area contributed by atoms with Gasteiger partial charge in [-0.25, -0.2) is 0 Å². The van der Waals surface area contributed by atoms with Gasteiger partial charge in [0.15, 0.2) is 12.1 Å². The number of nitrogens with one attached hydrogen (secondary N) is 1. The zero-order valence-corrected chi connectivity index (χ0v) is 38.4. The lowest BCUT2D eigenvalue weighted by atomic mass is 9.89. The van der Waals surface area contributed by atoms with E-state index in [9.17, 15) is 4.79 Å². The highest BCUT2D eigenvalue weighted by Gasteiger charge is 2.50. The van der Waals surface area contributed by atoms with Gasteiger partial charge >= 0.3 is 0 Å². The van der Waals surface area contributed by atoms with Gasteiger partial charge in [-0.15, -0.1) is 0 Å². The summed E-state index contributed by atoms with van der Waals surface area (Å²) in [6, 6.07) is 43.6. The Bertz CT molecular complexity index is 1870. The van der Waals surface area contributed by atoms with E-state index in [4.69, 9.17) is 40.0 Å². The molecule has 9 heteroatoms. The second-order valence-electron chi connectivity index (χ2n) is 13.6. The second kappa shape index (κ2) is 33.0. The molecule has 0 bridgehead atoms. The van der Waals surface area contributed by atoms with Crippen LogP contribution in [0.4, 0.5) is 0 Å². The lowest BCUT2D eigenvalue weighted by molar-refractivity contribution is -0.321. The average Bonchev–Trinajstić information content (AvgIpc) is 3.31. The average molecular weight is 871 g/mol. The normalized spacial score (nSPS) is 17.5. The number of halogens is 1. The lowest BCUT2D eigenvalue weighted by Gasteiger charge is -2.46. The first-order valence-electron chi connectivity index (χ1n) is 21.0. The first-order valence-corrected chi connectivity index (χ1v) is 21.4. The maximum atomic E-state index is 12.5. The molecule has 2 unspecified atom stereocenters. The third-order valence-corrected chi connectivity index (χ3v) is 9.51. The Morgan fingerprint density at radius 3 is 1.68 bits per heavy atom. The van der Waals surface area contributed by atoms with E-state index in [0.29, 0.717) is 44.3 Å². The van der Waals surface area contributed by atoms with E-state index < -0.39 is 24.1 Å². The maximum absolute atomic E-state index is 12.5. The largest absolute Gasteiger partial charge is 0.494 e. The molecule has 1 heterocycles. The Balaban J connectivity index is 0.000000851. The second-order valence-corrected chi connectivity index (χ2v) is 14.0. The summed E-state index contributed by atoms with van der Waals surface area (Å²) in [5.41, 5.74) is 5.99. The van der Waals surface area contributed by atoms with E-state index in [2.05, 4.69) is 5.32 Å². The van der Waals surface area contributed by atoms with Crippen LogP contribution >= 0.6 is 11.6 Å². The molecule has 1 aliphatic heterocycles. The molecule has 4 atom stereocenters. The quantitative estimate of drug-likeness (QED) is 0.0823. The molecular weight excluding hydrogens is 798 g/mol. The third kappa shape index (κ3) is 19.2. The molecular formula is C53H72ClNO7. The minimum Gasteiger partial charge on any atom is -0.494 e. The van der Waals surface area contributed by atoms with Gasteiger partial charge in [-0.05, 0) is 93.4 Å². The lowest BCUT2D eigenvalue weighted by Crippen LogP contribution is -2.56. The number of carbonyl (C=O) groups excluding carboxylic acids is 1. The van der Waals surface area contributed by atoms with E-state index >= 15 is 0 Å². The van der Waals surface area contributed by atoms with Gasteiger partial charge in [-0.1, -0.05) is 154 Å². The van der Waals surface area contributed by atoms with Crippen molar-refractivity contribution in [2.45, 2.75) is 98.8 Å². The molecule has 338 valence electrons. The summed E-state index contributed by atoms with van der Waals surface area (Å²) in [6.45, 7) is 12.0. The summed E-state index contributed by atoms with van der Waals surface area (Å²) in [5.74, 6) is -0.428. The molecule has 1 N–H and O–H groups in total. The highest BCUT2D eigenvalue weighted by molar-refractivity contribution is 6.31. The molecule has 0 aliphatic carbocycles. The van der Waals surface area contributed by atoms with Crippen molar-refractivity contribution in [3.05, 3.63) is 184 Å². The van der Waals surface area contributed by atoms with Crippen molar-refractivity contribution >= 4 is 17.9 Å². The highest BCUT2D eigenvalue weighted by atomic mass is 35.5. The molecule has 5 aromatic rings. The minimum absolute atomic E-state index is 0. The van der Waals surface area contributed by atoms with Gasteiger partial charge in [0, 0.05) is 31.2 Å². The zero-order chi connectivity index (χ0) is 44.7. The van der Waals surface area contributed by atoms with E-state index in [1.165, 1.54) is 5.56 Å². The van der Waals surface area contributed by atoms with Crippen molar-refractivity contribution in [2.75, 3.05) is 34.9 Å². The van der Waals surface area contributed by atoms with Crippen LogP contribution in [0.25, 0.3) is 0 Å². The first kappa shape index (κ1) is 55.4. The number of allylic oxidation sites excluding steroid dienone is 2. The van der Waals surface area contributed by atoms with Gasteiger partial charge in [0.1, 0.15) is 18.0 Å². The summed E-state index contributed by atoms with van der Waals surface area (Å²) < 4.78 is 35.9. The van der Waals surface area contributed by atoms with Gasteiger partial charge in [0.05, 0.1) is 32.5 Å². The fraction of sp³-hybridized carbons (Fsp3) is 0.377. The fourth-order valence-electron chi connectivity index (χ4n) is 6.15. The van der Waals surface area contributed by atoms with E-state index in [-0.39, 0.29) is 7.43 Å². The first-order chi connectivity index (χ1) is 29.8. The Morgan fingerprint density at radius 2 is 1.23 bits per heavy atom. The van der Waals surface area contributed by atoms with Crippen LogP contribution in [0.3, 0.4) is 0 Å². The number of ether oxygens (including phenoxy) is 6. The number of hydrogen-bond acceptors (Lipinski definition) is 8. The molecule has 0 spiro atoms. The molecule has 5 aromatic carbocycles. The molecule has 0 radical (unpaired) electrons. The van der Waals surface area contributed by atoms with Gasteiger partial charge in [0.2, 0.25) is 0 Å². The van der Waals surface area contributed by atoms with E-state index in [1.807, 2.05) is 194 Å². The number of rotatable bonds is 15. The molecule has 1 fully saturated rings. The molecule has 6 rings (SSSR count). The van der Waals surface area contributed by atoms with Crippen molar-refractivity contribution in [1.82, 2.24) is 5.32 Å². The smallest absolute Gasteiger partial charge is 0.198 e. The van der Waals surface area contributed by atoms with E-state index in [1.54, 1.807) is 14.2 Å². The van der Waals surface area contributed by atoms with Crippen molar-refractivity contribution in [3.63, 3.8) is 0 Å². The fourth-order valence-corrected chi connectivity index (χ4v) is 6.33. The Kier molecular flexibility index (Phi) is 29.5. The summed E-state index contributed by atoms with van der Waals surface area (Å²) in [7, 11) is 7.04. The van der Waals surface area contributed by atoms with E-state index in [0.717, 1.165) is 39.9 Å². The minimum atomic E-state index is -1.25. The predicted octanol–water partition coefficient (Wildman–Crippen LogP) is 12.2. The number of aldehydes is 1. The summed E-state index contributed by atoms with van der Waals surface area (Å²) in [6.07, 6.45) is 3.62. The van der Waals surface area contributed by atoms with Gasteiger partial charge < -0.3 is 38.5 Å². The summed E-state index contributed by atoms with van der Waals surface area (Å²) in [4.78, 5) is 12.5. The predicted molar refractivity (Wildman–Crippen MR) is 257 cm³/mol. The maximum Gasteiger partial charge on any atom is 0.198 e. The van der Waals surface area contributed by atoms with Gasteiger partial charge in [-0.2, -0.15) is 0 Å². The molecule has 8 nitrogen and oxygen atoms in total. The van der Waals surface area contributed by atoms with Crippen molar-refractivity contribution in [2.24, 2.45) is 0 Å². The van der Waals surface area contributed by atoms with Crippen LogP contribution < -0.4 is 10.1 Å². The Morgan fingerprint density at radius 1 is 0.726 bits per heavy atom. The van der Waals surface area contributed by atoms with Crippen LogP contribution in [0.15, 0.2) is 146 Å². The number of hydrogen-bond donors (Lipinski definition) is 1. The molecule has 62 heavy (non-hydrogen) atoms. The van der Waals surface area contributed by atoms with Crippen molar-refractivity contribution in [3.8, 4) is 5.75 Å². The molecule has 1 aliphatic rings. The Hall–Kier alpha value is -4.64. The molecule has 0 aromatic heterocycles. The van der Waals surface area contributed by atoms with Crippen LogP contribution in [-0.2, 0) is 60.5 Å². The number of methoxy groups -OCH3 is 2. The zero-order valence-electron chi connectivity index (χ0n) is 37.6. The molecule has 0 amide bonds. The highest BCUT2D eigenvalue weighted by Crippen LogP contribution is 2.42.